The summed E-state index contributed by atoms with van der Waals surface area (Å²) in [6.45, 7) is 12.4. The number of hydrogen-bond donors (Lipinski definition) is 2. The van der Waals surface area contributed by atoms with Crippen LogP contribution in [0.15, 0.2) is 35.1 Å². The monoisotopic (exact) mass is 378 g/mol. The Bertz CT molecular complexity index is 1010. The van der Waals surface area contributed by atoms with Crippen molar-refractivity contribution in [2.24, 2.45) is 0 Å². The summed E-state index contributed by atoms with van der Waals surface area (Å²) in [6.07, 6.45) is 2.11. The molecule has 1 aromatic heterocycles. The van der Waals surface area contributed by atoms with Gasteiger partial charge in [0.05, 0.1) is 16.7 Å². The molecule has 5 heteroatoms. The SMILES string of the molecule is CCCN(CCC)c1cccc2nc(Nc3c(C)cc(C)cc3C)c(=O)[nH]c12. The molecule has 0 atom stereocenters. The van der Waals surface area contributed by atoms with Gasteiger partial charge in [0.25, 0.3) is 5.56 Å². The lowest BCUT2D eigenvalue weighted by molar-refractivity contribution is 0.746. The van der Waals surface area contributed by atoms with Crippen molar-refractivity contribution in [1.29, 1.82) is 0 Å². The fraction of sp³-hybridized carbons (Fsp3) is 0.391. The van der Waals surface area contributed by atoms with E-state index < -0.39 is 0 Å². The molecule has 3 aromatic rings. The molecule has 0 aliphatic heterocycles. The highest BCUT2D eigenvalue weighted by Crippen LogP contribution is 2.27. The van der Waals surface area contributed by atoms with E-state index in [1.54, 1.807) is 0 Å². The minimum atomic E-state index is -0.202. The van der Waals surface area contributed by atoms with E-state index in [1.165, 1.54) is 5.56 Å². The van der Waals surface area contributed by atoms with Crippen molar-refractivity contribution in [3.05, 3.63) is 57.4 Å². The largest absolute Gasteiger partial charge is 0.370 e. The number of anilines is 3. The van der Waals surface area contributed by atoms with Crippen LogP contribution in [0.4, 0.5) is 17.2 Å². The third-order valence-corrected chi connectivity index (χ3v) is 4.95. The van der Waals surface area contributed by atoms with E-state index in [2.05, 4.69) is 59.2 Å². The van der Waals surface area contributed by atoms with Crippen LogP contribution in [-0.4, -0.2) is 23.1 Å². The molecule has 5 nitrogen and oxygen atoms in total. The smallest absolute Gasteiger partial charge is 0.291 e. The molecule has 148 valence electrons. The third kappa shape index (κ3) is 4.03. The molecule has 28 heavy (non-hydrogen) atoms. The quantitative estimate of drug-likeness (QED) is 0.592. The van der Waals surface area contributed by atoms with Gasteiger partial charge < -0.3 is 15.2 Å². The molecular formula is C23H30N4O. The van der Waals surface area contributed by atoms with E-state index in [9.17, 15) is 4.79 Å². The van der Waals surface area contributed by atoms with Crippen molar-refractivity contribution in [2.45, 2.75) is 47.5 Å². The fourth-order valence-electron chi connectivity index (χ4n) is 3.83. The number of fused-ring (bicyclic) bond motifs is 1. The lowest BCUT2D eigenvalue weighted by Crippen LogP contribution is -2.26. The van der Waals surface area contributed by atoms with Crippen LogP contribution in [0.1, 0.15) is 43.4 Å². The number of nitrogens with one attached hydrogen (secondary N) is 2. The van der Waals surface area contributed by atoms with Crippen LogP contribution in [0.25, 0.3) is 11.0 Å². The van der Waals surface area contributed by atoms with E-state index in [0.29, 0.717) is 5.82 Å². The van der Waals surface area contributed by atoms with Crippen LogP contribution < -0.4 is 15.8 Å². The first-order chi connectivity index (χ1) is 13.4. The first-order valence-corrected chi connectivity index (χ1v) is 10.1. The van der Waals surface area contributed by atoms with Crippen LogP contribution >= 0.6 is 0 Å². The molecule has 0 saturated heterocycles. The minimum Gasteiger partial charge on any atom is -0.370 e. The summed E-state index contributed by atoms with van der Waals surface area (Å²) < 4.78 is 0. The summed E-state index contributed by atoms with van der Waals surface area (Å²) in [4.78, 5) is 22.9. The van der Waals surface area contributed by atoms with Crippen molar-refractivity contribution in [3.63, 3.8) is 0 Å². The average Bonchev–Trinajstić information content (AvgIpc) is 2.64. The maximum absolute atomic E-state index is 12.8. The zero-order valence-electron chi connectivity index (χ0n) is 17.5. The molecular weight excluding hydrogens is 348 g/mol. The van der Waals surface area contributed by atoms with Gasteiger partial charge in [-0.25, -0.2) is 4.98 Å². The molecule has 0 unspecified atom stereocenters. The van der Waals surface area contributed by atoms with Crippen LogP contribution in [0.3, 0.4) is 0 Å². The molecule has 0 amide bonds. The van der Waals surface area contributed by atoms with E-state index in [1.807, 2.05) is 26.0 Å². The van der Waals surface area contributed by atoms with Gasteiger partial charge in [0, 0.05) is 18.8 Å². The van der Waals surface area contributed by atoms with E-state index >= 15 is 0 Å². The van der Waals surface area contributed by atoms with Crippen LogP contribution in [0, 0.1) is 20.8 Å². The highest BCUT2D eigenvalue weighted by atomic mass is 16.1. The van der Waals surface area contributed by atoms with Crippen molar-refractivity contribution < 1.29 is 0 Å². The Morgan fingerprint density at radius 1 is 1.04 bits per heavy atom. The minimum absolute atomic E-state index is 0.202. The van der Waals surface area contributed by atoms with Crippen molar-refractivity contribution in [1.82, 2.24) is 9.97 Å². The number of aromatic nitrogens is 2. The predicted molar refractivity (Wildman–Crippen MR) is 119 cm³/mol. The number of para-hydroxylation sites is 1. The summed E-state index contributed by atoms with van der Waals surface area (Å²) in [6, 6.07) is 10.2. The summed E-state index contributed by atoms with van der Waals surface area (Å²) in [7, 11) is 0. The number of nitrogens with zero attached hydrogens (tertiary/aromatic N) is 2. The summed E-state index contributed by atoms with van der Waals surface area (Å²) in [5, 5.41) is 3.26. The van der Waals surface area contributed by atoms with Gasteiger partial charge >= 0.3 is 0 Å². The van der Waals surface area contributed by atoms with Crippen molar-refractivity contribution >= 4 is 28.2 Å². The Balaban J connectivity index is 2.06. The topological polar surface area (TPSA) is 61.0 Å². The molecule has 0 aliphatic rings. The number of benzene rings is 2. The predicted octanol–water partition coefficient (Wildman–Crippen LogP) is 5.22. The molecule has 3 rings (SSSR count). The maximum Gasteiger partial charge on any atom is 0.291 e. The average molecular weight is 379 g/mol. The highest BCUT2D eigenvalue weighted by Gasteiger charge is 2.14. The van der Waals surface area contributed by atoms with Crippen LogP contribution in [-0.2, 0) is 0 Å². The molecule has 2 N–H and O–H groups in total. The Morgan fingerprint density at radius 3 is 2.29 bits per heavy atom. The first kappa shape index (κ1) is 19.9. The Morgan fingerprint density at radius 2 is 1.68 bits per heavy atom. The van der Waals surface area contributed by atoms with E-state index in [4.69, 9.17) is 0 Å². The second kappa shape index (κ2) is 8.46. The van der Waals surface area contributed by atoms with Gasteiger partial charge in [-0.05, 0) is 56.9 Å². The van der Waals surface area contributed by atoms with Gasteiger partial charge in [-0.1, -0.05) is 37.6 Å². The normalized spacial score (nSPS) is 11.0. The van der Waals surface area contributed by atoms with Gasteiger partial charge in [0.15, 0.2) is 5.82 Å². The number of aryl methyl sites for hydroxylation is 3. The molecule has 0 saturated carbocycles. The Labute approximate surface area is 166 Å². The number of aromatic amines is 1. The molecule has 2 aromatic carbocycles. The van der Waals surface area contributed by atoms with Crippen molar-refractivity contribution in [2.75, 3.05) is 23.3 Å². The van der Waals surface area contributed by atoms with Crippen molar-refractivity contribution in [3.8, 4) is 0 Å². The summed E-state index contributed by atoms with van der Waals surface area (Å²) in [5.41, 5.74) is 6.79. The van der Waals surface area contributed by atoms with Gasteiger partial charge in [0.1, 0.15) is 0 Å². The summed E-state index contributed by atoms with van der Waals surface area (Å²) >= 11 is 0. The number of rotatable bonds is 7. The van der Waals surface area contributed by atoms with E-state index in [-0.39, 0.29) is 5.56 Å². The zero-order chi connectivity index (χ0) is 20.3. The van der Waals surface area contributed by atoms with Gasteiger partial charge in [0.2, 0.25) is 0 Å². The molecule has 0 radical (unpaired) electrons. The second-order valence-corrected chi connectivity index (χ2v) is 7.47. The van der Waals surface area contributed by atoms with E-state index in [0.717, 1.165) is 59.5 Å². The molecule has 0 fully saturated rings. The lowest BCUT2D eigenvalue weighted by atomic mass is 10.1. The molecule has 1 heterocycles. The summed E-state index contributed by atoms with van der Waals surface area (Å²) in [5.74, 6) is 0.331. The number of H-pyrrole nitrogens is 1. The lowest BCUT2D eigenvalue weighted by Gasteiger charge is -2.25. The highest BCUT2D eigenvalue weighted by molar-refractivity contribution is 5.89. The van der Waals surface area contributed by atoms with Gasteiger partial charge in [-0.3, -0.25) is 4.79 Å². The maximum atomic E-state index is 12.8. The molecule has 0 bridgehead atoms. The van der Waals surface area contributed by atoms with Crippen LogP contribution in [0.5, 0.6) is 0 Å². The fourth-order valence-corrected chi connectivity index (χ4v) is 3.83. The van der Waals surface area contributed by atoms with Crippen LogP contribution in [0.2, 0.25) is 0 Å². The third-order valence-electron chi connectivity index (χ3n) is 4.95. The number of hydrogen-bond acceptors (Lipinski definition) is 4. The molecule has 0 spiro atoms. The molecule has 0 aliphatic carbocycles. The second-order valence-electron chi connectivity index (χ2n) is 7.47. The first-order valence-electron chi connectivity index (χ1n) is 10.1. The standard InChI is InChI=1S/C23H30N4O/c1-6-11-27(12-7-2)19-10-8-9-18-21(19)26-23(28)22(24-18)25-20-16(4)13-15(3)14-17(20)5/h8-10,13-14H,6-7,11-12H2,1-5H3,(H,24,25)(H,26,28). The van der Waals surface area contributed by atoms with Gasteiger partial charge in [-0.15, -0.1) is 0 Å². The Hall–Kier alpha value is -2.82. The Kier molecular flexibility index (Phi) is 6.02. The zero-order valence-corrected chi connectivity index (χ0v) is 17.5. The van der Waals surface area contributed by atoms with Gasteiger partial charge in [-0.2, -0.15) is 0 Å².